The number of allylic oxidation sites excluding steroid dienone is 1. The Morgan fingerprint density at radius 1 is 1.19 bits per heavy atom. The first-order chi connectivity index (χ1) is 10.2. The maximum absolute atomic E-state index is 12.1. The Balaban J connectivity index is 2.15. The van der Waals surface area contributed by atoms with Gasteiger partial charge in [0.1, 0.15) is 5.76 Å². The van der Waals surface area contributed by atoms with Gasteiger partial charge in [-0.25, -0.2) is 15.0 Å². The highest BCUT2D eigenvalue weighted by Gasteiger charge is 2.12. The van der Waals surface area contributed by atoms with Gasteiger partial charge in [-0.3, -0.25) is 14.8 Å². The number of aromatic nitrogens is 4. The van der Waals surface area contributed by atoms with Gasteiger partial charge in [-0.15, -0.1) is 0 Å². The van der Waals surface area contributed by atoms with Crippen molar-refractivity contribution >= 4 is 23.8 Å². The van der Waals surface area contributed by atoms with Crippen LogP contribution in [0.3, 0.4) is 0 Å². The summed E-state index contributed by atoms with van der Waals surface area (Å²) in [4.78, 5) is 31.6. The van der Waals surface area contributed by atoms with Crippen molar-refractivity contribution in [3.8, 4) is 0 Å². The van der Waals surface area contributed by atoms with Gasteiger partial charge < -0.3 is 10.4 Å². The van der Waals surface area contributed by atoms with Crippen LogP contribution in [0.5, 0.6) is 0 Å². The van der Waals surface area contributed by atoms with E-state index in [1.165, 1.54) is 50.3 Å². The van der Waals surface area contributed by atoms with E-state index >= 15 is 0 Å². The second kappa shape index (κ2) is 6.85. The van der Waals surface area contributed by atoms with Crippen LogP contribution < -0.4 is 5.32 Å². The Hall–Kier alpha value is -3.16. The summed E-state index contributed by atoms with van der Waals surface area (Å²) in [5.74, 6) is -0.134. The predicted octanol–water partition coefficient (Wildman–Crippen LogP) is 1.44. The fourth-order valence-corrected chi connectivity index (χ4v) is 1.35. The van der Waals surface area contributed by atoms with Crippen LogP contribution in [0.15, 0.2) is 53.5 Å². The smallest absolute Gasteiger partial charge is 0.261 e. The fourth-order valence-electron chi connectivity index (χ4n) is 1.35. The Morgan fingerprint density at radius 3 is 2.48 bits per heavy atom. The molecule has 2 N–H and O–H groups in total. The van der Waals surface area contributed by atoms with Gasteiger partial charge >= 0.3 is 0 Å². The minimum atomic E-state index is -0.553. The molecule has 0 spiro atoms. The molecule has 0 bridgehead atoms. The number of nitrogens with one attached hydrogen (secondary N) is 1. The lowest BCUT2D eigenvalue weighted by atomic mass is 10.2. The Morgan fingerprint density at radius 2 is 1.90 bits per heavy atom. The predicted molar refractivity (Wildman–Crippen MR) is 76.2 cm³/mol. The number of hydrogen-bond donors (Lipinski definition) is 2. The number of rotatable bonds is 4. The van der Waals surface area contributed by atoms with Gasteiger partial charge in [0.15, 0.2) is 11.6 Å². The number of aliphatic hydroxyl groups is 1. The zero-order valence-corrected chi connectivity index (χ0v) is 11.1. The van der Waals surface area contributed by atoms with Crippen LogP contribution in [0, 0.1) is 0 Å². The van der Waals surface area contributed by atoms with Crippen LogP contribution in [-0.2, 0) is 4.79 Å². The average Bonchev–Trinajstić information content (AvgIpc) is 2.49. The average molecular weight is 284 g/mol. The zero-order chi connectivity index (χ0) is 15.1. The molecule has 0 radical (unpaired) electrons. The number of carbonyl (C=O) groups excluding carboxylic acids is 1. The van der Waals surface area contributed by atoms with E-state index in [9.17, 15) is 9.90 Å². The van der Waals surface area contributed by atoms with Crippen LogP contribution >= 0.6 is 0 Å². The lowest BCUT2D eigenvalue weighted by Crippen LogP contribution is -2.17. The molecule has 2 heterocycles. The normalized spacial score (nSPS) is 12.0. The second-order valence-electron chi connectivity index (χ2n) is 3.87. The van der Waals surface area contributed by atoms with Gasteiger partial charge in [-0.05, 0) is 6.92 Å². The van der Waals surface area contributed by atoms with Crippen molar-refractivity contribution in [3.05, 3.63) is 48.5 Å². The summed E-state index contributed by atoms with van der Waals surface area (Å²) in [7, 11) is 0. The van der Waals surface area contributed by atoms with Crippen molar-refractivity contribution in [1.82, 2.24) is 19.9 Å². The molecule has 0 unspecified atom stereocenters. The topological polar surface area (TPSA) is 113 Å². The molecular formula is C13H12N6O2. The number of nitrogens with zero attached hydrogens (tertiary/aromatic N) is 5. The van der Waals surface area contributed by atoms with E-state index in [1.807, 2.05) is 0 Å². The molecular weight excluding hydrogens is 272 g/mol. The third-order valence-corrected chi connectivity index (χ3v) is 2.31. The molecule has 0 saturated heterocycles. The molecule has 0 aliphatic heterocycles. The standard InChI is InChI=1S/C13H12N6O2/c1-9(20)10(6-18-11-7-14-2-4-16-11)13(21)19-12-8-15-3-5-17-12/h2-8,20H,1H3,(H,17,19,21)/b10-9-,18-6?. The highest BCUT2D eigenvalue weighted by atomic mass is 16.3. The molecule has 0 atom stereocenters. The highest BCUT2D eigenvalue weighted by molar-refractivity contribution is 6.18. The number of amides is 1. The van der Waals surface area contributed by atoms with Gasteiger partial charge in [-0.1, -0.05) is 0 Å². The molecule has 106 valence electrons. The van der Waals surface area contributed by atoms with E-state index in [-0.39, 0.29) is 17.2 Å². The molecule has 21 heavy (non-hydrogen) atoms. The number of anilines is 1. The summed E-state index contributed by atoms with van der Waals surface area (Å²) in [6.45, 7) is 1.38. The van der Waals surface area contributed by atoms with Crippen molar-refractivity contribution in [1.29, 1.82) is 0 Å². The number of carbonyl (C=O) groups is 1. The van der Waals surface area contributed by atoms with E-state index < -0.39 is 5.91 Å². The molecule has 0 aromatic carbocycles. The van der Waals surface area contributed by atoms with Crippen LogP contribution in [0.1, 0.15) is 6.92 Å². The van der Waals surface area contributed by atoms with Gasteiger partial charge in [-0.2, -0.15) is 0 Å². The maximum atomic E-state index is 12.1. The molecule has 8 nitrogen and oxygen atoms in total. The van der Waals surface area contributed by atoms with E-state index in [2.05, 4.69) is 30.2 Å². The quantitative estimate of drug-likeness (QED) is 0.499. The summed E-state index contributed by atoms with van der Waals surface area (Å²) in [5.41, 5.74) is -0.00805. The molecule has 0 aliphatic rings. The van der Waals surface area contributed by atoms with Gasteiger partial charge in [0.25, 0.3) is 5.91 Å². The van der Waals surface area contributed by atoms with Crippen LogP contribution in [0.25, 0.3) is 0 Å². The Labute approximate surface area is 120 Å². The maximum Gasteiger partial charge on any atom is 0.261 e. The van der Waals surface area contributed by atoms with E-state index in [4.69, 9.17) is 0 Å². The third kappa shape index (κ3) is 4.16. The number of aliphatic imine (C=N–C) groups is 1. The van der Waals surface area contributed by atoms with Crippen molar-refractivity contribution in [3.63, 3.8) is 0 Å². The van der Waals surface area contributed by atoms with Gasteiger partial charge in [0, 0.05) is 31.0 Å². The Bertz CT molecular complexity index is 666. The monoisotopic (exact) mass is 284 g/mol. The molecule has 2 aromatic heterocycles. The summed E-state index contributed by atoms with van der Waals surface area (Å²) >= 11 is 0. The van der Waals surface area contributed by atoms with E-state index in [0.717, 1.165) is 0 Å². The van der Waals surface area contributed by atoms with E-state index in [0.29, 0.717) is 5.82 Å². The van der Waals surface area contributed by atoms with Crippen LogP contribution in [-0.4, -0.2) is 37.2 Å². The summed E-state index contributed by atoms with van der Waals surface area (Å²) < 4.78 is 0. The first-order valence-electron chi connectivity index (χ1n) is 5.94. The SMILES string of the molecule is C/C(O)=C(\C=Nc1cnccn1)C(=O)Nc1cnccn1. The zero-order valence-electron chi connectivity index (χ0n) is 11.1. The molecule has 8 heteroatoms. The number of hydrogen-bond acceptors (Lipinski definition) is 7. The van der Waals surface area contributed by atoms with Crippen molar-refractivity contribution in [2.45, 2.75) is 6.92 Å². The van der Waals surface area contributed by atoms with Crippen molar-refractivity contribution < 1.29 is 9.90 Å². The Kier molecular flexibility index (Phi) is 4.65. The first-order valence-corrected chi connectivity index (χ1v) is 5.94. The summed E-state index contributed by atoms with van der Waals surface area (Å²) in [6, 6.07) is 0. The number of aliphatic hydroxyl groups excluding tert-OH is 1. The molecule has 0 fully saturated rings. The van der Waals surface area contributed by atoms with Crippen molar-refractivity contribution in [2.24, 2.45) is 4.99 Å². The minimum absolute atomic E-state index is 0.00805. The van der Waals surface area contributed by atoms with Crippen LogP contribution in [0.2, 0.25) is 0 Å². The van der Waals surface area contributed by atoms with Crippen LogP contribution in [0.4, 0.5) is 11.6 Å². The fraction of sp³-hybridized carbons (Fsp3) is 0.0769. The molecule has 1 amide bonds. The van der Waals surface area contributed by atoms with Gasteiger partial charge in [0.05, 0.1) is 18.0 Å². The second-order valence-corrected chi connectivity index (χ2v) is 3.87. The molecule has 2 aromatic rings. The molecule has 0 saturated carbocycles. The first kappa shape index (κ1) is 14.3. The third-order valence-electron chi connectivity index (χ3n) is 2.31. The minimum Gasteiger partial charge on any atom is -0.512 e. The van der Waals surface area contributed by atoms with E-state index in [1.54, 1.807) is 0 Å². The molecule has 2 rings (SSSR count). The summed E-state index contributed by atoms with van der Waals surface area (Å²) in [5, 5.41) is 12.1. The lowest BCUT2D eigenvalue weighted by molar-refractivity contribution is -0.112. The lowest BCUT2D eigenvalue weighted by Gasteiger charge is -2.04. The largest absolute Gasteiger partial charge is 0.512 e. The highest BCUT2D eigenvalue weighted by Crippen LogP contribution is 2.08. The van der Waals surface area contributed by atoms with Crippen molar-refractivity contribution in [2.75, 3.05) is 5.32 Å². The van der Waals surface area contributed by atoms with Gasteiger partial charge in [0.2, 0.25) is 0 Å². The summed E-state index contributed by atoms with van der Waals surface area (Å²) in [6.07, 6.45) is 9.95. The molecule has 0 aliphatic carbocycles.